The molecule has 2 rings (SSSR count). The third kappa shape index (κ3) is 2.56. The van der Waals surface area contributed by atoms with Crippen molar-refractivity contribution in [2.24, 2.45) is 11.8 Å². The highest BCUT2D eigenvalue weighted by atomic mass is 32.2. The maximum Gasteiger partial charge on any atom is 0.320 e. The molecule has 1 aliphatic carbocycles. The molecule has 0 saturated heterocycles. The molecule has 0 amide bonds. The lowest BCUT2D eigenvalue weighted by Gasteiger charge is -2.45. The highest BCUT2D eigenvalue weighted by Gasteiger charge is 2.51. The smallest absolute Gasteiger partial charge is 0.320 e. The molecular weight excluding hydrogens is 244 g/mol. The number of hydrogen-bond acceptors (Lipinski definition) is 2. The van der Waals surface area contributed by atoms with E-state index in [0.29, 0.717) is 11.8 Å². The minimum absolute atomic E-state index is 0.555. The molecule has 1 N–H and O–H groups in total. The normalized spacial score (nSPS) is 27.0. The summed E-state index contributed by atoms with van der Waals surface area (Å²) < 4.78 is -0.593. The van der Waals surface area contributed by atoms with Crippen LogP contribution in [0.2, 0.25) is 0 Å². The zero-order chi connectivity index (χ0) is 13.3. The summed E-state index contributed by atoms with van der Waals surface area (Å²) in [6, 6.07) is 8.12. The molecule has 0 radical (unpaired) electrons. The van der Waals surface area contributed by atoms with E-state index in [1.54, 1.807) is 0 Å². The fourth-order valence-electron chi connectivity index (χ4n) is 2.39. The van der Waals surface area contributed by atoms with E-state index in [2.05, 4.69) is 13.8 Å². The van der Waals surface area contributed by atoms with Gasteiger partial charge < -0.3 is 5.11 Å². The van der Waals surface area contributed by atoms with Gasteiger partial charge in [-0.05, 0) is 43.7 Å². The predicted octanol–water partition coefficient (Wildman–Crippen LogP) is 3.98. The molecule has 98 valence electrons. The van der Waals surface area contributed by atoms with Gasteiger partial charge in [0.05, 0.1) is 0 Å². The van der Waals surface area contributed by atoms with Gasteiger partial charge >= 0.3 is 5.97 Å². The Kier molecular flexibility index (Phi) is 3.71. The Labute approximate surface area is 113 Å². The van der Waals surface area contributed by atoms with E-state index in [0.717, 1.165) is 17.7 Å². The molecule has 0 atom stereocenters. The van der Waals surface area contributed by atoms with Gasteiger partial charge in [0.1, 0.15) is 4.75 Å². The van der Waals surface area contributed by atoms with Crippen LogP contribution in [-0.4, -0.2) is 15.8 Å². The van der Waals surface area contributed by atoms with Crippen LogP contribution in [0.5, 0.6) is 0 Å². The molecule has 1 aromatic carbocycles. The molecule has 0 aromatic heterocycles. The Balaban J connectivity index is 2.09. The molecule has 0 bridgehead atoms. The summed E-state index contributed by atoms with van der Waals surface area (Å²) in [6.07, 6.45) is 1.58. The molecule has 1 saturated carbocycles. The summed E-state index contributed by atoms with van der Waals surface area (Å²) in [7, 11) is 0. The second-order valence-electron chi connectivity index (χ2n) is 5.63. The van der Waals surface area contributed by atoms with Crippen LogP contribution >= 0.6 is 11.8 Å². The lowest BCUT2D eigenvalue weighted by molar-refractivity contribution is -0.144. The lowest BCUT2D eigenvalue weighted by Crippen LogP contribution is -2.49. The van der Waals surface area contributed by atoms with Gasteiger partial charge in [0.2, 0.25) is 0 Å². The summed E-state index contributed by atoms with van der Waals surface area (Å²) in [6.45, 7) is 6.39. The van der Waals surface area contributed by atoms with Gasteiger partial charge in [0, 0.05) is 4.90 Å². The van der Waals surface area contributed by atoms with E-state index in [9.17, 15) is 9.90 Å². The van der Waals surface area contributed by atoms with Crippen molar-refractivity contribution in [3.63, 3.8) is 0 Å². The first kappa shape index (κ1) is 13.5. The number of rotatable bonds is 4. The van der Waals surface area contributed by atoms with Gasteiger partial charge in [0.25, 0.3) is 0 Å². The van der Waals surface area contributed by atoms with E-state index in [4.69, 9.17) is 0 Å². The molecule has 1 aromatic rings. The van der Waals surface area contributed by atoms with Gasteiger partial charge in [0.15, 0.2) is 0 Å². The van der Waals surface area contributed by atoms with Gasteiger partial charge in [-0.3, -0.25) is 4.79 Å². The summed E-state index contributed by atoms with van der Waals surface area (Å²) in [4.78, 5) is 12.6. The van der Waals surface area contributed by atoms with Gasteiger partial charge in [-0.1, -0.05) is 31.5 Å². The Morgan fingerprint density at radius 1 is 1.33 bits per heavy atom. The minimum Gasteiger partial charge on any atom is -0.480 e. The molecule has 0 unspecified atom stereocenters. The number of aliphatic carboxylic acids is 1. The van der Waals surface area contributed by atoms with Gasteiger partial charge in [-0.15, -0.1) is 11.8 Å². The van der Waals surface area contributed by atoms with Crippen LogP contribution in [0.15, 0.2) is 29.2 Å². The average molecular weight is 264 g/mol. The van der Waals surface area contributed by atoms with Crippen molar-refractivity contribution in [1.29, 1.82) is 0 Å². The quantitative estimate of drug-likeness (QED) is 0.894. The topological polar surface area (TPSA) is 37.3 Å². The number of thioether (sulfide) groups is 1. The molecule has 2 nitrogen and oxygen atoms in total. The molecule has 1 aliphatic rings. The molecular formula is C15H20O2S. The lowest BCUT2D eigenvalue weighted by atomic mass is 9.69. The zero-order valence-electron chi connectivity index (χ0n) is 11.1. The van der Waals surface area contributed by atoms with Crippen LogP contribution in [0.4, 0.5) is 0 Å². The van der Waals surface area contributed by atoms with E-state index in [1.807, 2.05) is 31.2 Å². The van der Waals surface area contributed by atoms with Crippen LogP contribution < -0.4 is 0 Å². The molecule has 0 aliphatic heterocycles. The third-order valence-corrected chi connectivity index (χ3v) is 5.26. The standard InChI is InChI=1S/C15H20O2S/c1-10(2)12-8-15(9-12,14(16)17)18-13-6-4-11(3)5-7-13/h4-7,10,12H,8-9H2,1-3H3,(H,16,17). The van der Waals surface area contributed by atoms with Crippen LogP contribution in [-0.2, 0) is 4.79 Å². The SMILES string of the molecule is Cc1ccc(SC2(C(=O)O)CC(C(C)C)C2)cc1. The van der Waals surface area contributed by atoms with Gasteiger partial charge in [-0.2, -0.15) is 0 Å². The number of benzene rings is 1. The molecule has 1 fully saturated rings. The third-order valence-electron chi connectivity index (χ3n) is 3.85. The van der Waals surface area contributed by atoms with E-state index < -0.39 is 10.7 Å². The minimum atomic E-state index is -0.662. The van der Waals surface area contributed by atoms with Crippen LogP contribution in [0.3, 0.4) is 0 Å². The van der Waals surface area contributed by atoms with Crippen LogP contribution in [0.1, 0.15) is 32.3 Å². The predicted molar refractivity (Wildman–Crippen MR) is 75.0 cm³/mol. The number of aryl methyl sites for hydroxylation is 1. The monoisotopic (exact) mass is 264 g/mol. The number of carboxylic acids is 1. The van der Waals surface area contributed by atoms with Crippen molar-refractivity contribution in [2.45, 2.75) is 43.3 Å². The van der Waals surface area contributed by atoms with Gasteiger partial charge in [-0.25, -0.2) is 0 Å². The Hall–Kier alpha value is -0.960. The summed E-state index contributed by atoms with van der Waals surface area (Å²) in [5.74, 6) is 0.472. The highest BCUT2D eigenvalue weighted by Crippen LogP contribution is 2.53. The molecule has 3 heteroatoms. The van der Waals surface area contributed by atoms with Crippen LogP contribution in [0.25, 0.3) is 0 Å². The Morgan fingerprint density at radius 3 is 2.33 bits per heavy atom. The van der Waals surface area contributed by atoms with Crippen molar-refractivity contribution < 1.29 is 9.90 Å². The molecule has 18 heavy (non-hydrogen) atoms. The largest absolute Gasteiger partial charge is 0.480 e. The maximum absolute atomic E-state index is 11.5. The van der Waals surface area contributed by atoms with Crippen molar-refractivity contribution in [3.05, 3.63) is 29.8 Å². The Bertz CT molecular complexity index is 430. The number of hydrogen-bond donors (Lipinski definition) is 1. The van der Waals surface area contributed by atoms with Crippen molar-refractivity contribution in [3.8, 4) is 0 Å². The number of carboxylic acid groups (broad SMARTS) is 1. The second kappa shape index (κ2) is 4.96. The Morgan fingerprint density at radius 2 is 1.89 bits per heavy atom. The fourth-order valence-corrected chi connectivity index (χ4v) is 3.80. The summed E-state index contributed by atoms with van der Waals surface area (Å²) in [5.41, 5.74) is 1.21. The maximum atomic E-state index is 11.5. The first-order chi connectivity index (χ1) is 8.43. The fraction of sp³-hybridized carbons (Fsp3) is 0.533. The van der Waals surface area contributed by atoms with Crippen molar-refractivity contribution in [1.82, 2.24) is 0 Å². The summed E-state index contributed by atoms with van der Waals surface area (Å²) >= 11 is 1.52. The molecule has 0 spiro atoms. The van der Waals surface area contributed by atoms with E-state index in [-0.39, 0.29) is 0 Å². The second-order valence-corrected chi connectivity index (χ2v) is 7.08. The van der Waals surface area contributed by atoms with Crippen LogP contribution in [0, 0.1) is 18.8 Å². The molecule has 0 heterocycles. The zero-order valence-corrected chi connectivity index (χ0v) is 12.0. The summed E-state index contributed by atoms with van der Waals surface area (Å²) in [5, 5.41) is 9.48. The van der Waals surface area contributed by atoms with E-state index in [1.165, 1.54) is 17.3 Å². The van der Waals surface area contributed by atoms with E-state index >= 15 is 0 Å². The first-order valence-electron chi connectivity index (χ1n) is 6.42. The van der Waals surface area contributed by atoms with Crippen molar-refractivity contribution >= 4 is 17.7 Å². The average Bonchev–Trinajstić information content (AvgIpc) is 2.24. The first-order valence-corrected chi connectivity index (χ1v) is 7.24. The van der Waals surface area contributed by atoms with Crippen molar-refractivity contribution in [2.75, 3.05) is 0 Å². The highest BCUT2D eigenvalue weighted by molar-refractivity contribution is 8.01. The number of carbonyl (C=O) groups is 1.